The fourth-order valence-corrected chi connectivity index (χ4v) is 2.19. The lowest BCUT2D eigenvalue weighted by Gasteiger charge is -2.05. The summed E-state index contributed by atoms with van der Waals surface area (Å²) in [6.07, 6.45) is 0.771. The van der Waals surface area contributed by atoms with Crippen LogP contribution in [-0.2, 0) is 6.42 Å². The number of fused-ring (bicyclic) bond motifs is 1. The van der Waals surface area contributed by atoms with Gasteiger partial charge >= 0.3 is 0 Å². The number of ether oxygens (including phenoxy) is 2. The van der Waals surface area contributed by atoms with Gasteiger partial charge in [-0.25, -0.2) is 0 Å². The Bertz CT molecular complexity index is 663. The van der Waals surface area contributed by atoms with Gasteiger partial charge in [-0.05, 0) is 48.0 Å². The molecule has 0 saturated heterocycles. The maximum Gasteiger partial charge on any atom is 0.231 e. The van der Waals surface area contributed by atoms with Gasteiger partial charge in [0.2, 0.25) is 6.79 Å². The molecule has 0 atom stereocenters. The van der Waals surface area contributed by atoms with E-state index in [-0.39, 0.29) is 0 Å². The van der Waals surface area contributed by atoms with Crippen LogP contribution in [0.2, 0.25) is 0 Å². The topological polar surface area (TPSA) is 30.8 Å². The van der Waals surface area contributed by atoms with Gasteiger partial charge in [0.05, 0.1) is 10.8 Å². The molecule has 0 fully saturated rings. The van der Waals surface area contributed by atoms with Gasteiger partial charge in [0.1, 0.15) is 0 Å². The minimum atomic E-state index is 0.296. The number of hydrogen-bond donors (Lipinski definition) is 0. The van der Waals surface area contributed by atoms with Crippen LogP contribution in [0.5, 0.6) is 11.5 Å². The Labute approximate surface area is 116 Å². The molecule has 3 rings (SSSR count). The monoisotopic (exact) mass is 269 g/mol. The van der Waals surface area contributed by atoms with E-state index in [1.54, 1.807) is 0 Å². The first-order valence-corrected chi connectivity index (χ1v) is 6.32. The van der Waals surface area contributed by atoms with Crippen LogP contribution in [0.4, 0.5) is 5.69 Å². The molecule has 0 aliphatic carbocycles. The van der Waals surface area contributed by atoms with E-state index in [1.807, 2.05) is 42.5 Å². The molecule has 1 heterocycles. The van der Waals surface area contributed by atoms with Gasteiger partial charge in [-0.15, -0.1) is 0 Å². The van der Waals surface area contributed by atoms with Gasteiger partial charge in [-0.2, -0.15) is 4.99 Å². The smallest absolute Gasteiger partial charge is 0.231 e. The van der Waals surface area contributed by atoms with Crippen LogP contribution in [0.25, 0.3) is 0 Å². The summed E-state index contributed by atoms with van der Waals surface area (Å²) in [5, 5.41) is 2.42. The lowest BCUT2D eigenvalue weighted by Crippen LogP contribution is -1.93. The van der Waals surface area contributed by atoms with E-state index in [0.717, 1.165) is 34.7 Å². The second-order valence-electron chi connectivity index (χ2n) is 4.20. The van der Waals surface area contributed by atoms with Crippen molar-refractivity contribution in [3.8, 4) is 11.5 Å². The number of benzene rings is 2. The molecule has 0 bridgehead atoms. The highest BCUT2D eigenvalue weighted by Crippen LogP contribution is 2.33. The number of thiocarbonyl (C=S) groups is 1. The molecule has 94 valence electrons. The lowest BCUT2D eigenvalue weighted by molar-refractivity contribution is 0.174. The average Bonchev–Trinajstić information content (AvgIpc) is 2.89. The van der Waals surface area contributed by atoms with Crippen molar-refractivity contribution in [2.24, 2.45) is 4.99 Å². The highest BCUT2D eigenvalue weighted by molar-refractivity contribution is 7.78. The highest BCUT2D eigenvalue weighted by atomic mass is 32.1. The van der Waals surface area contributed by atoms with Crippen LogP contribution in [0.15, 0.2) is 47.5 Å². The van der Waals surface area contributed by atoms with Crippen LogP contribution in [-0.4, -0.2) is 12.0 Å². The lowest BCUT2D eigenvalue weighted by atomic mass is 10.0. The summed E-state index contributed by atoms with van der Waals surface area (Å²) in [6.45, 7) is 0.296. The molecule has 0 saturated carbocycles. The molecule has 1 aliphatic heterocycles. The average molecular weight is 269 g/mol. The van der Waals surface area contributed by atoms with Crippen molar-refractivity contribution in [3.05, 3.63) is 53.6 Å². The molecule has 19 heavy (non-hydrogen) atoms. The Kier molecular flexibility index (Phi) is 3.27. The molecule has 0 amide bonds. The SMILES string of the molecule is S=C=Nc1ccccc1Cc1ccc2c(c1)OCO2. The van der Waals surface area contributed by atoms with Gasteiger partial charge in [0.15, 0.2) is 11.5 Å². The molecule has 4 heteroatoms. The third-order valence-corrected chi connectivity index (χ3v) is 3.08. The summed E-state index contributed by atoms with van der Waals surface area (Å²) in [5.74, 6) is 1.60. The second-order valence-corrected chi connectivity index (χ2v) is 4.38. The minimum absolute atomic E-state index is 0.296. The first-order valence-electron chi connectivity index (χ1n) is 5.91. The molecule has 0 spiro atoms. The van der Waals surface area contributed by atoms with Crippen LogP contribution >= 0.6 is 12.2 Å². The maximum atomic E-state index is 5.38. The molecule has 0 aromatic heterocycles. The van der Waals surface area contributed by atoms with Gasteiger partial charge in [-0.3, -0.25) is 0 Å². The van der Waals surface area contributed by atoms with Gasteiger partial charge in [0.25, 0.3) is 0 Å². The summed E-state index contributed by atoms with van der Waals surface area (Å²) in [6, 6.07) is 13.9. The normalized spacial score (nSPS) is 12.0. The highest BCUT2D eigenvalue weighted by Gasteiger charge is 2.13. The summed E-state index contributed by atoms with van der Waals surface area (Å²) in [5.41, 5.74) is 3.12. The molecule has 0 unspecified atom stereocenters. The molecule has 1 aliphatic rings. The van der Waals surface area contributed by atoms with Crippen molar-refractivity contribution in [1.29, 1.82) is 0 Å². The van der Waals surface area contributed by atoms with Crippen molar-refractivity contribution in [2.75, 3.05) is 6.79 Å². The molecule has 0 radical (unpaired) electrons. The van der Waals surface area contributed by atoms with Crippen LogP contribution in [0.3, 0.4) is 0 Å². The van der Waals surface area contributed by atoms with E-state index >= 15 is 0 Å². The Morgan fingerprint density at radius 1 is 1.11 bits per heavy atom. The summed E-state index contributed by atoms with van der Waals surface area (Å²) in [7, 11) is 0. The number of aliphatic imine (C=N–C) groups is 1. The number of hydrogen-bond acceptors (Lipinski definition) is 4. The second kappa shape index (κ2) is 5.22. The fraction of sp³-hybridized carbons (Fsp3) is 0.133. The zero-order chi connectivity index (χ0) is 13.1. The fourth-order valence-electron chi connectivity index (χ4n) is 2.09. The molecule has 2 aromatic rings. The minimum Gasteiger partial charge on any atom is -0.454 e. The Morgan fingerprint density at radius 3 is 2.84 bits per heavy atom. The third kappa shape index (κ3) is 2.50. The first-order chi connectivity index (χ1) is 9.36. The van der Waals surface area contributed by atoms with Gasteiger partial charge in [0, 0.05) is 0 Å². The van der Waals surface area contributed by atoms with Crippen molar-refractivity contribution in [1.82, 2.24) is 0 Å². The summed E-state index contributed by atoms with van der Waals surface area (Å²) in [4.78, 5) is 4.08. The number of nitrogens with zero attached hydrogens (tertiary/aromatic N) is 1. The quantitative estimate of drug-likeness (QED) is 0.628. The van der Waals surface area contributed by atoms with E-state index in [0.29, 0.717) is 6.79 Å². The Balaban J connectivity index is 1.91. The predicted molar refractivity (Wildman–Crippen MR) is 76.5 cm³/mol. The van der Waals surface area contributed by atoms with Crippen LogP contribution < -0.4 is 9.47 Å². The van der Waals surface area contributed by atoms with Crippen molar-refractivity contribution in [2.45, 2.75) is 6.42 Å². The first kappa shape index (κ1) is 11.9. The van der Waals surface area contributed by atoms with Crippen molar-refractivity contribution >= 4 is 23.1 Å². The van der Waals surface area contributed by atoms with Crippen molar-refractivity contribution < 1.29 is 9.47 Å². The third-order valence-electron chi connectivity index (χ3n) is 2.99. The number of isothiocyanates is 1. The standard InChI is InChI=1S/C15H11NO2S/c19-9-16-13-4-2-1-3-12(13)7-11-5-6-14-15(8-11)18-10-17-14/h1-6,8H,7,10H2. The van der Waals surface area contributed by atoms with E-state index in [1.165, 1.54) is 0 Å². The van der Waals surface area contributed by atoms with E-state index in [9.17, 15) is 0 Å². The van der Waals surface area contributed by atoms with Gasteiger partial charge < -0.3 is 9.47 Å². The van der Waals surface area contributed by atoms with E-state index < -0.39 is 0 Å². The van der Waals surface area contributed by atoms with Crippen molar-refractivity contribution in [3.63, 3.8) is 0 Å². The largest absolute Gasteiger partial charge is 0.454 e. The predicted octanol–water partition coefficient (Wildman–Crippen LogP) is 3.74. The zero-order valence-electron chi connectivity index (χ0n) is 10.1. The van der Waals surface area contributed by atoms with E-state index in [4.69, 9.17) is 9.47 Å². The van der Waals surface area contributed by atoms with Crippen LogP contribution in [0, 0.1) is 0 Å². The number of para-hydroxylation sites is 1. The molecular weight excluding hydrogens is 258 g/mol. The molecule has 3 nitrogen and oxygen atoms in total. The molecule has 2 aromatic carbocycles. The zero-order valence-corrected chi connectivity index (χ0v) is 10.9. The molecule has 0 N–H and O–H groups in total. The summed E-state index contributed by atoms with van der Waals surface area (Å²) >= 11 is 4.67. The molecular formula is C15H11NO2S. The Morgan fingerprint density at radius 2 is 1.95 bits per heavy atom. The van der Waals surface area contributed by atoms with E-state index in [2.05, 4.69) is 22.4 Å². The van der Waals surface area contributed by atoms with Gasteiger partial charge in [-0.1, -0.05) is 24.3 Å². The van der Waals surface area contributed by atoms with Crippen LogP contribution in [0.1, 0.15) is 11.1 Å². The summed E-state index contributed by atoms with van der Waals surface area (Å²) < 4.78 is 10.7. The number of rotatable bonds is 3. The maximum absolute atomic E-state index is 5.38. The Hall–Kier alpha value is -2.16.